The minimum absolute atomic E-state index is 0.0621. The van der Waals surface area contributed by atoms with Crippen LogP contribution in [0.5, 0.6) is 0 Å². The molecule has 1 aromatic carbocycles. The average Bonchev–Trinajstić information content (AvgIpc) is 2.75. The van der Waals surface area contributed by atoms with Gasteiger partial charge in [0.05, 0.1) is 26.9 Å². The van der Waals surface area contributed by atoms with Crippen molar-refractivity contribution in [3.63, 3.8) is 0 Å². The summed E-state index contributed by atoms with van der Waals surface area (Å²) in [5.74, 6) is -0.426. The monoisotopic (exact) mass is 335 g/mol. The number of aromatic nitrogens is 2. The highest BCUT2D eigenvalue weighted by atomic mass is 79.9. The Labute approximate surface area is 123 Å². The average molecular weight is 336 g/mol. The third-order valence-electron chi connectivity index (χ3n) is 2.70. The van der Waals surface area contributed by atoms with E-state index < -0.39 is 10.7 Å². The van der Waals surface area contributed by atoms with Gasteiger partial charge in [0.25, 0.3) is 5.69 Å². The lowest BCUT2D eigenvalue weighted by Crippen LogP contribution is -2.01. The smallest absolute Gasteiger partial charge is 0.280 e. The number of carbonyl (C=O) groups excluding carboxylic acids is 1. The van der Waals surface area contributed by atoms with E-state index in [-0.39, 0.29) is 11.3 Å². The fourth-order valence-electron chi connectivity index (χ4n) is 1.69. The van der Waals surface area contributed by atoms with Gasteiger partial charge in [-0.2, -0.15) is 5.10 Å². The Morgan fingerprint density at radius 1 is 1.45 bits per heavy atom. The zero-order valence-corrected chi connectivity index (χ0v) is 12.1. The van der Waals surface area contributed by atoms with Gasteiger partial charge in [-0.1, -0.05) is 12.1 Å². The third-order valence-corrected chi connectivity index (χ3v) is 3.31. The molecule has 2 aromatic rings. The predicted octanol–water partition coefficient (Wildman–Crippen LogP) is 2.99. The first-order valence-corrected chi connectivity index (χ1v) is 6.43. The summed E-state index contributed by atoms with van der Waals surface area (Å²) in [7, 11) is 1.74. The maximum absolute atomic E-state index is 12.1. The van der Waals surface area contributed by atoms with E-state index in [4.69, 9.17) is 0 Å². The minimum atomic E-state index is -0.568. The standard InChI is InChI=1S/C13H10BrN3O3/c1-16-12(10(14)8-15-16)6-7-13(18)9-4-2-3-5-11(9)17(19)20/h2-8H,1H3/b7-6+. The molecule has 0 aliphatic rings. The molecule has 0 bridgehead atoms. The van der Waals surface area contributed by atoms with E-state index in [1.807, 2.05) is 0 Å². The number of hydrogen-bond acceptors (Lipinski definition) is 4. The molecule has 6 nitrogen and oxygen atoms in total. The van der Waals surface area contributed by atoms with Crippen molar-refractivity contribution in [1.82, 2.24) is 9.78 Å². The molecule has 0 saturated heterocycles. The first-order valence-electron chi connectivity index (χ1n) is 5.64. The van der Waals surface area contributed by atoms with Crippen molar-refractivity contribution in [1.29, 1.82) is 0 Å². The first kappa shape index (κ1) is 14.1. The molecular weight excluding hydrogens is 326 g/mol. The van der Waals surface area contributed by atoms with Crippen molar-refractivity contribution >= 4 is 33.5 Å². The van der Waals surface area contributed by atoms with Crippen LogP contribution in [-0.2, 0) is 7.05 Å². The SMILES string of the molecule is Cn1ncc(Br)c1/C=C/C(=O)c1ccccc1[N+](=O)[O-]. The van der Waals surface area contributed by atoms with E-state index >= 15 is 0 Å². The van der Waals surface area contributed by atoms with Crippen LogP contribution in [0.2, 0.25) is 0 Å². The maximum atomic E-state index is 12.1. The molecule has 0 saturated carbocycles. The molecule has 102 valence electrons. The van der Waals surface area contributed by atoms with E-state index in [0.717, 1.165) is 4.47 Å². The Hall–Kier alpha value is -2.28. The Kier molecular flexibility index (Phi) is 4.09. The fraction of sp³-hybridized carbons (Fsp3) is 0.0769. The maximum Gasteiger partial charge on any atom is 0.280 e. The van der Waals surface area contributed by atoms with Gasteiger partial charge < -0.3 is 0 Å². The first-order chi connectivity index (χ1) is 9.50. The quantitative estimate of drug-likeness (QED) is 0.372. The topological polar surface area (TPSA) is 78.0 Å². The third kappa shape index (κ3) is 2.83. The number of benzene rings is 1. The van der Waals surface area contributed by atoms with Crippen LogP contribution in [0.25, 0.3) is 6.08 Å². The largest absolute Gasteiger partial charge is 0.289 e. The van der Waals surface area contributed by atoms with Crippen LogP contribution in [0.3, 0.4) is 0 Å². The number of halogens is 1. The molecule has 2 rings (SSSR count). The predicted molar refractivity (Wildman–Crippen MR) is 77.4 cm³/mol. The highest BCUT2D eigenvalue weighted by Gasteiger charge is 2.17. The number of nitro groups is 1. The Morgan fingerprint density at radius 3 is 2.75 bits per heavy atom. The van der Waals surface area contributed by atoms with Crippen LogP contribution in [0.15, 0.2) is 41.0 Å². The molecule has 0 unspecified atom stereocenters. The van der Waals surface area contributed by atoms with Crippen LogP contribution in [0, 0.1) is 10.1 Å². The second-order valence-electron chi connectivity index (χ2n) is 3.97. The zero-order valence-electron chi connectivity index (χ0n) is 10.5. The van der Waals surface area contributed by atoms with Crippen molar-refractivity contribution in [3.05, 3.63) is 62.4 Å². The molecule has 0 fully saturated rings. The fourth-order valence-corrected chi connectivity index (χ4v) is 2.17. The number of nitrogens with zero attached hydrogens (tertiary/aromatic N) is 3. The van der Waals surface area contributed by atoms with Crippen LogP contribution in [0.1, 0.15) is 16.1 Å². The Balaban J connectivity index is 2.32. The second-order valence-corrected chi connectivity index (χ2v) is 4.83. The van der Waals surface area contributed by atoms with Gasteiger partial charge in [0.15, 0.2) is 5.78 Å². The van der Waals surface area contributed by atoms with E-state index in [0.29, 0.717) is 5.69 Å². The summed E-state index contributed by atoms with van der Waals surface area (Å²) >= 11 is 3.31. The van der Waals surface area contributed by atoms with E-state index in [1.54, 1.807) is 30.1 Å². The van der Waals surface area contributed by atoms with Crippen LogP contribution in [-0.4, -0.2) is 20.5 Å². The van der Waals surface area contributed by atoms with Crippen molar-refractivity contribution < 1.29 is 9.72 Å². The zero-order chi connectivity index (χ0) is 14.7. The minimum Gasteiger partial charge on any atom is -0.289 e. The van der Waals surface area contributed by atoms with Gasteiger partial charge in [-0.3, -0.25) is 19.6 Å². The van der Waals surface area contributed by atoms with Gasteiger partial charge in [-0.05, 0) is 34.1 Å². The van der Waals surface area contributed by atoms with Gasteiger partial charge in [0.1, 0.15) is 0 Å². The number of para-hydroxylation sites is 1. The van der Waals surface area contributed by atoms with Crippen molar-refractivity contribution in [2.45, 2.75) is 0 Å². The molecule has 0 aliphatic carbocycles. The van der Waals surface area contributed by atoms with Crippen LogP contribution in [0.4, 0.5) is 5.69 Å². The lowest BCUT2D eigenvalue weighted by molar-refractivity contribution is -0.385. The summed E-state index contributed by atoms with van der Waals surface area (Å²) in [5, 5.41) is 14.9. The van der Waals surface area contributed by atoms with Crippen molar-refractivity contribution in [2.24, 2.45) is 7.05 Å². The molecule has 1 heterocycles. The number of hydrogen-bond donors (Lipinski definition) is 0. The Morgan fingerprint density at radius 2 is 2.15 bits per heavy atom. The van der Waals surface area contributed by atoms with E-state index in [1.165, 1.54) is 24.3 Å². The number of ketones is 1. The molecule has 7 heteroatoms. The molecular formula is C13H10BrN3O3. The number of nitro benzene ring substituents is 1. The highest BCUT2D eigenvalue weighted by molar-refractivity contribution is 9.10. The molecule has 0 amide bonds. The molecule has 0 aliphatic heterocycles. The number of carbonyl (C=O) groups is 1. The van der Waals surface area contributed by atoms with Crippen molar-refractivity contribution in [2.75, 3.05) is 0 Å². The van der Waals surface area contributed by atoms with Gasteiger partial charge in [0.2, 0.25) is 0 Å². The molecule has 0 N–H and O–H groups in total. The second kappa shape index (κ2) is 5.79. The van der Waals surface area contributed by atoms with Gasteiger partial charge in [0, 0.05) is 13.1 Å². The summed E-state index contributed by atoms with van der Waals surface area (Å²) in [6, 6.07) is 5.86. The molecule has 1 aromatic heterocycles. The lowest BCUT2D eigenvalue weighted by atomic mass is 10.1. The summed E-state index contributed by atoms with van der Waals surface area (Å²) < 4.78 is 2.33. The van der Waals surface area contributed by atoms with Crippen LogP contribution < -0.4 is 0 Å². The van der Waals surface area contributed by atoms with Crippen molar-refractivity contribution in [3.8, 4) is 0 Å². The number of rotatable bonds is 4. The van der Waals surface area contributed by atoms with E-state index in [2.05, 4.69) is 21.0 Å². The molecule has 20 heavy (non-hydrogen) atoms. The van der Waals surface area contributed by atoms with Crippen LogP contribution >= 0.6 is 15.9 Å². The number of aryl methyl sites for hydroxylation is 1. The summed E-state index contributed by atoms with van der Waals surface area (Å²) in [5.41, 5.74) is 0.565. The van der Waals surface area contributed by atoms with E-state index in [9.17, 15) is 14.9 Å². The molecule has 0 radical (unpaired) electrons. The highest BCUT2D eigenvalue weighted by Crippen LogP contribution is 2.20. The summed E-state index contributed by atoms with van der Waals surface area (Å²) in [6.45, 7) is 0. The van der Waals surface area contributed by atoms with Gasteiger partial charge in [-0.25, -0.2) is 0 Å². The normalized spacial score (nSPS) is 10.9. The lowest BCUT2D eigenvalue weighted by Gasteiger charge is -1.99. The molecule has 0 spiro atoms. The summed E-state index contributed by atoms with van der Waals surface area (Å²) in [4.78, 5) is 22.4. The Bertz CT molecular complexity index is 687. The van der Waals surface area contributed by atoms with Gasteiger partial charge >= 0.3 is 0 Å². The molecule has 0 atom stereocenters. The summed E-state index contributed by atoms with van der Waals surface area (Å²) in [6.07, 6.45) is 4.47. The number of allylic oxidation sites excluding steroid dienone is 1. The van der Waals surface area contributed by atoms with Gasteiger partial charge in [-0.15, -0.1) is 0 Å².